The molecule has 3 aromatic rings. The SMILES string of the molecule is CSc1ncc(N2C3CC3CC2(C=O)CNc2ccc(C)c(-c3ncc(F)cn3)c2)nn1. The largest absolute Gasteiger partial charge is 0.382 e. The summed E-state index contributed by atoms with van der Waals surface area (Å²) in [7, 11) is 0. The van der Waals surface area contributed by atoms with E-state index in [1.54, 1.807) is 6.20 Å². The predicted octanol–water partition coefficient (Wildman–Crippen LogP) is 3.15. The third-order valence-corrected chi connectivity index (χ3v) is 6.74. The van der Waals surface area contributed by atoms with Gasteiger partial charge in [-0.1, -0.05) is 17.8 Å². The average Bonchev–Trinajstić information content (AvgIpc) is 3.50. The van der Waals surface area contributed by atoms with Crippen LogP contribution < -0.4 is 10.2 Å². The number of aryl methyl sites for hydroxylation is 1. The lowest BCUT2D eigenvalue weighted by molar-refractivity contribution is -0.111. The first-order chi connectivity index (χ1) is 15.5. The molecule has 32 heavy (non-hydrogen) atoms. The number of nitrogens with zero attached hydrogens (tertiary/aromatic N) is 6. The van der Waals surface area contributed by atoms with Crippen molar-refractivity contribution in [2.24, 2.45) is 5.92 Å². The molecule has 2 aliphatic rings. The van der Waals surface area contributed by atoms with E-state index >= 15 is 0 Å². The highest BCUT2D eigenvalue weighted by molar-refractivity contribution is 7.98. The Bertz CT molecular complexity index is 1140. The molecule has 0 radical (unpaired) electrons. The zero-order chi connectivity index (χ0) is 22.3. The number of halogens is 1. The molecule has 2 fully saturated rings. The van der Waals surface area contributed by atoms with Crippen LogP contribution in [0.3, 0.4) is 0 Å². The van der Waals surface area contributed by atoms with Crippen molar-refractivity contribution in [3.63, 3.8) is 0 Å². The van der Waals surface area contributed by atoms with Crippen LogP contribution in [0.25, 0.3) is 11.4 Å². The van der Waals surface area contributed by atoms with Gasteiger partial charge >= 0.3 is 0 Å². The van der Waals surface area contributed by atoms with Gasteiger partial charge in [0.05, 0.1) is 18.6 Å². The number of aromatic nitrogens is 5. The van der Waals surface area contributed by atoms with Crippen molar-refractivity contribution in [2.45, 2.75) is 36.5 Å². The van der Waals surface area contributed by atoms with Crippen molar-refractivity contribution in [1.29, 1.82) is 0 Å². The zero-order valence-corrected chi connectivity index (χ0v) is 18.5. The van der Waals surface area contributed by atoms with Gasteiger partial charge < -0.3 is 15.0 Å². The van der Waals surface area contributed by atoms with Gasteiger partial charge in [0.25, 0.3) is 0 Å². The Morgan fingerprint density at radius 2 is 2.06 bits per heavy atom. The van der Waals surface area contributed by atoms with Crippen LogP contribution in [-0.4, -0.2) is 55.8 Å². The summed E-state index contributed by atoms with van der Waals surface area (Å²) in [6.07, 6.45) is 8.75. The van der Waals surface area contributed by atoms with Crippen molar-refractivity contribution >= 4 is 29.6 Å². The Balaban J connectivity index is 1.39. The molecular weight excluding hydrogens is 429 g/mol. The smallest absolute Gasteiger partial charge is 0.208 e. The molecule has 0 bridgehead atoms. The second kappa shape index (κ2) is 8.09. The van der Waals surface area contributed by atoms with Gasteiger partial charge in [-0.25, -0.2) is 19.3 Å². The summed E-state index contributed by atoms with van der Waals surface area (Å²) in [6, 6.07) is 6.13. The lowest BCUT2D eigenvalue weighted by Crippen LogP contribution is -2.53. The minimum Gasteiger partial charge on any atom is -0.382 e. The van der Waals surface area contributed by atoms with E-state index in [2.05, 4.69) is 35.4 Å². The summed E-state index contributed by atoms with van der Waals surface area (Å²) in [5, 5.41) is 12.5. The van der Waals surface area contributed by atoms with Crippen LogP contribution in [0.15, 0.2) is 41.9 Å². The zero-order valence-electron chi connectivity index (χ0n) is 17.7. The first-order valence-corrected chi connectivity index (χ1v) is 11.6. The van der Waals surface area contributed by atoms with E-state index in [9.17, 15) is 9.18 Å². The number of anilines is 2. The van der Waals surface area contributed by atoms with Gasteiger partial charge in [-0.3, -0.25) is 0 Å². The maximum atomic E-state index is 13.2. The standard InChI is InChI=1S/C22H22FN7OS/c1-13-3-4-16(6-17(13)20-24-8-15(23)9-25-20)27-11-22(12-31)7-14-5-18(14)30(22)19-10-26-21(32-2)29-28-19/h3-4,6,8-10,12,14,18,27H,5,7,11H2,1-2H3. The van der Waals surface area contributed by atoms with Gasteiger partial charge in [0.15, 0.2) is 17.5 Å². The second-order valence-electron chi connectivity index (χ2n) is 8.27. The van der Waals surface area contributed by atoms with Crippen LogP contribution in [-0.2, 0) is 4.79 Å². The highest BCUT2D eigenvalue weighted by Gasteiger charge is 2.60. The van der Waals surface area contributed by atoms with Gasteiger partial charge in [0.1, 0.15) is 11.8 Å². The first-order valence-electron chi connectivity index (χ1n) is 10.3. The Hall–Kier alpha value is -3.14. The highest BCUT2D eigenvalue weighted by atomic mass is 32.2. The van der Waals surface area contributed by atoms with Crippen molar-refractivity contribution in [1.82, 2.24) is 25.1 Å². The van der Waals surface area contributed by atoms with Gasteiger partial charge in [-0.2, -0.15) is 0 Å². The molecule has 3 heterocycles. The molecule has 1 saturated heterocycles. The van der Waals surface area contributed by atoms with Gasteiger partial charge in [0.2, 0.25) is 5.16 Å². The quantitative estimate of drug-likeness (QED) is 0.429. The number of nitrogens with one attached hydrogen (secondary N) is 1. The maximum absolute atomic E-state index is 13.2. The molecule has 164 valence electrons. The number of hydrogen-bond donors (Lipinski definition) is 1. The van der Waals surface area contributed by atoms with E-state index in [1.165, 1.54) is 11.8 Å². The monoisotopic (exact) mass is 451 g/mol. The average molecular weight is 452 g/mol. The van der Waals surface area contributed by atoms with Crippen LogP contribution in [0.1, 0.15) is 18.4 Å². The topological polar surface area (TPSA) is 96.8 Å². The molecule has 1 aliphatic heterocycles. The third-order valence-electron chi connectivity index (χ3n) is 6.19. The molecule has 0 spiro atoms. The highest BCUT2D eigenvalue weighted by Crippen LogP contribution is 2.53. The summed E-state index contributed by atoms with van der Waals surface area (Å²) >= 11 is 1.43. The van der Waals surface area contributed by atoms with Gasteiger partial charge in [-0.05, 0) is 49.6 Å². The van der Waals surface area contributed by atoms with E-state index in [1.807, 2.05) is 31.4 Å². The normalized spacial score (nSPS) is 23.7. The lowest BCUT2D eigenvalue weighted by atomic mass is 9.94. The number of piperidine rings is 1. The van der Waals surface area contributed by atoms with Crippen LogP contribution in [0.2, 0.25) is 0 Å². The van der Waals surface area contributed by atoms with Crippen LogP contribution in [0, 0.1) is 18.7 Å². The Labute approximate surface area is 189 Å². The number of fused-ring (bicyclic) bond motifs is 1. The van der Waals surface area contributed by atoms with Crippen molar-refractivity contribution in [2.75, 3.05) is 23.0 Å². The van der Waals surface area contributed by atoms with Crippen LogP contribution in [0.5, 0.6) is 0 Å². The minimum absolute atomic E-state index is 0.291. The lowest BCUT2D eigenvalue weighted by Gasteiger charge is -2.37. The van der Waals surface area contributed by atoms with Crippen molar-refractivity contribution in [3.05, 3.63) is 48.2 Å². The van der Waals surface area contributed by atoms with E-state index in [4.69, 9.17) is 0 Å². The maximum Gasteiger partial charge on any atom is 0.208 e. The summed E-state index contributed by atoms with van der Waals surface area (Å²) in [6.45, 7) is 2.37. The number of thioether (sulfide) groups is 1. The van der Waals surface area contributed by atoms with Crippen molar-refractivity contribution in [3.8, 4) is 11.4 Å². The fraction of sp³-hybridized carbons (Fsp3) is 0.364. The third kappa shape index (κ3) is 3.68. The Morgan fingerprint density at radius 1 is 1.25 bits per heavy atom. The Morgan fingerprint density at radius 3 is 2.75 bits per heavy atom. The fourth-order valence-electron chi connectivity index (χ4n) is 4.49. The molecule has 8 nitrogen and oxygen atoms in total. The molecule has 5 rings (SSSR count). The summed E-state index contributed by atoms with van der Waals surface area (Å²) < 4.78 is 13.2. The summed E-state index contributed by atoms with van der Waals surface area (Å²) in [4.78, 5) is 27.0. The van der Waals surface area contributed by atoms with E-state index in [0.29, 0.717) is 35.3 Å². The van der Waals surface area contributed by atoms with Crippen LogP contribution in [0.4, 0.5) is 15.9 Å². The molecular formula is C22H22FN7OS. The molecule has 1 aromatic carbocycles. The second-order valence-corrected chi connectivity index (χ2v) is 9.04. The predicted molar refractivity (Wildman–Crippen MR) is 120 cm³/mol. The fourth-order valence-corrected chi connectivity index (χ4v) is 4.77. The molecule has 10 heteroatoms. The number of carbonyl (C=O) groups excluding carboxylic acids is 1. The molecule has 2 aromatic heterocycles. The number of aldehydes is 1. The first kappa shape index (κ1) is 20.7. The van der Waals surface area contributed by atoms with Crippen LogP contribution >= 0.6 is 11.8 Å². The van der Waals surface area contributed by atoms with E-state index in [0.717, 1.165) is 48.3 Å². The molecule has 1 N–H and O–H groups in total. The van der Waals surface area contributed by atoms with Crippen molar-refractivity contribution < 1.29 is 9.18 Å². The molecule has 1 aliphatic carbocycles. The molecule has 0 amide bonds. The number of carbonyl (C=O) groups is 1. The minimum atomic E-state index is -0.720. The number of benzene rings is 1. The molecule has 3 unspecified atom stereocenters. The summed E-state index contributed by atoms with van der Waals surface area (Å²) in [5.41, 5.74) is 1.90. The van der Waals surface area contributed by atoms with Gasteiger partial charge in [0, 0.05) is 23.8 Å². The van der Waals surface area contributed by atoms with Gasteiger partial charge in [-0.15, -0.1) is 10.2 Å². The van der Waals surface area contributed by atoms with E-state index in [-0.39, 0.29) is 0 Å². The summed E-state index contributed by atoms with van der Waals surface area (Å²) in [5.74, 6) is 1.09. The molecule has 1 saturated carbocycles. The molecule has 3 atom stereocenters. The Kier molecular flexibility index (Phi) is 5.24. The van der Waals surface area contributed by atoms with E-state index < -0.39 is 11.4 Å². The number of hydrogen-bond acceptors (Lipinski definition) is 9. The number of rotatable bonds is 7.